The summed E-state index contributed by atoms with van der Waals surface area (Å²) in [4.78, 5) is 6.69. The summed E-state index contributed by atoms with van der Waals surface area (Å²) in [7, 11) is 0. The van der Waals surface area contributed by atoms with E-state index in [4.69, 9.17) is 23.2 Å². The van der Waals surface area contributed by atoms with Gasteiger partial charge in [0.1, 0.15) is 0 Å². The van der Waals surface area contributed by atoms with Gasteiger partial charge < -0.3 is 10.2 Å². The summed E-state index contributed by atoms with van der Waals surface area (Å²) in [5.74, 6) is 1.12. The highest BCUT2D eigenvalue weighted by molar-refractivity contribution is 6.36. The van der Waals surface area contributed by atoms with Gasteiger partial charge in [0.05, 0.1) is 16.9 Å². The summed E-state index contributed by atoms with van der Waals surface area (Å²) in [6.45, 7) is 4.90. The van der Waals surface area contributed by atoms with Gasteiger partial charge in [-0.25, -0.2) is 0 Å². The third kappa shape index (κ3) is 4.62. The molecule has 26 heavy (non-hydrogen) atoms. The summed E-state index contributed by atoms with van der Waals surface area (Å²) in [5, 5.41) is 12.6. The molecule has 0 saturated carbocycles. The van der Waals surface area contributed by atoms with Gasteiger partial charge in [-0.15, -0.1) is 5.10 Å². The van der Waals surface area contributed by atoms with E-state index in [1.807, 2.05) is 18.2 Å². The fourth-order valence-corrected chi connectivity index (χ4v) is 2.92. The van der Waals surface area contributed by atoms with Crippen LogP contribution in [-0.4, -0.2) is 21.2 Å². The molecule has 2 aromatic carbocycles. The van der Waals surface area contributed by atoms with E-state index in [2.05, 4.69) is 51.4 Å². The van der Waals surface area contributed by atoms with Crippen LogP contribution in [0.5, 0.6) is 0 Å². The van der Waals surface area contributed by atoms with Crippen molar-refractivity contribution in [3.8, 4) is 0 Å². The number of aromatic nitrogens is 3. The Morgan fingerprint density at radius 2 is 1.85 bits per heavy atom. The van der Waals surface area contributed by atoms with Crippen LogP contribution in [0.15, 0.2) is 54.7 Å². The van der Waals surface area contributed by atoms with Gasteiger partial charge in [0.15, 0.2) is 5.82 Å². The van der Waals surface area contributed by atoms with Crippen molar-refractivity contribution >= 4 is 40.7 Å². The first kappa shape index (κ1) is 18.4. The molecule has 1 aromatic heterocycles. The van der Waals surface area contributed by atoms with Crippen LogP contribution in [0.2, 0.25) is 10.0 Å². The number of hydrogen-bond donors (Lipinski definition) is 1. The van der Waals surface area contributed by atoms with E-state index in [1.54, 1.807) is 24.4 Å². The second-order valence-corrected chi connectivity index (χ2v) is 6.94. The van der Waals surface area contributed by atoms with Gasteiger partial charge in [-0.3, -0.25) is 0 Å². The first-order valence-corrected chi connectivity index (χ1v) is 9.01. The topological polar surface area (TPSA) is 53.9 Å². The lowest BCUT2D eigenvalue weighted by Crippen LogP contribution is -2.32. The van der Waals surface area contributed by atoms with Gasteiger partial charge in [-0.05, 0) is 37.6 Å². The van der Waals surface area contributed by atoms with Crippen LogP contribution in [0.4, 0.5) is 17.5 Å². The highest BCUT2D eigenvalue weighted by Gasteiger charge is 2.15. The molecule has 3 aromatic rings. The van der Waals surface area contributed by atoms with E-state index in [0.717, 1.165) is 0 Å². The molecule has 0 spiro atoms. The fraction of sp³-hybridized carbons (Fsp3) is 0.211. The molecule has 5 nitrogen and oxygen atoms in total. The van der Waals surface area contributed by atoms with Gasteiger partial charge in [0.25, 0.3) is 0 Å². The molecule has 0 amide bonds. The zero-order valence-electron chi connectivity index (χ0n) is 14.5. The van der Waals surface area contributed by atoms with Crippen LogP contribution in [0.25, 0.3) is 0 Å². The second kappa shape index (κ2) is 8.34. The number of hydrogen-bond acceptors (Lipinski definition) is 5. The molecule has 0 saturated heterocycles. The number of anilines is 3. The number of rotatable bonds is 6. The average Bonchev–Trinajstić information content (AvgIpc) is 2.63. The lowest BCUT2D eigenvalue weighted by Gasteiger charge is -2.26. The summed E-state index contributed by atoms with van der Waals surface area (Å²) < 4.78 is 0. The predicted molar refractivity (Wildman–Crippen MR) is 107 cm³/mol. The number of benzene rings is 2. The van der Waals surface area contributed by atoms with E-state index in [0.29, 0.717) is 34.0 Å². The second-order valence-electron chi connectivity index (χ2n) is 6.10. The van der Waals surface area contributed by atoms with E-state index >= 15 is 0 Å². The monoisotopic (exact) mass is 387 g/mol. The summed E-state index contributed by atoms with van der Waals surface area (Å²) in [6, 6.07) is 15.7. The Bertz CT molecular complexity index is 871. The zero-order chi connectivity index (χ0) is 18.5. The SMILES string of the molecule is CC(C)N(Cc1ccccc1)c1nncc(Nc2ccc(Cl)cc2Cl)n1. The largest absolute Gasteiger partial charge is 0.338 e. The minimum atomic E-state index is 0.214. The van der Waals surface area contributed by atoms with E-state index < -0.39 is 0 Å². The maximum absolute atomic E-state index is 6.22. The number of nitrogens with zero attached hydrogens (tertiary/aromatic N) is 4. The minimum Gasteiger partial charge on any atom is -0.338 e. The summed E-state index contributed by atoms with van der Waals surface area (Å²) >= 11 is 12.2. The van der Waals surface area contributed by atoms with Crippen molar-refractivity contribution in [2.75, 3.05) is 10.2 Å². The normalized spacial score (nSPS) is 10.8. The first-order chi connectivity index (χ1) is 12.5. The molecule has 134 valence electrons. The summed E-state index contributed by atoms with van der Waals surface area (Å²) in [6.07, 6.45) is 1.56. The molecule has 0 aliphatic rings. The van der Waals surface area contributed by atoms with Crippen LogP contribution >= 0.6 is 23.2 Å². The number of halogens is 2. The molecule has 0 bridgehead atoms. The third-order valence-corrected chi connectivity index (χ3v) is 4.37. The van der Waals surface area contributed by atoms with Crippen molar-refractivity contribution in [3.63, 3.8) is 0 Å². The Hall–Kier alpha value is -2.37. The molecule has 7 heteroatoms. The van der Waals surface area contributed by atoms with E-state index in [1.165, 1.54) is 5.56 Å². The van der Waals surface area contributed by atoms with Gasteiger partial charge in [0.2, 0.25) is 5.95 Å². The molecule has 0 radical (unpaired) electrons. The Labute approximate surface area is 163 Å². The van der Waals surface area contributed by atoms with Gasteiger partial charge in [0, 0.05) is 17.6 Å². The number of nitrogens with one attached hydrogen (secondary N) is 1. The van der Waals surface area contributed by atoms with Crippen molar-refractivity contribution in [1.29, 1.82) is 0 Å². The molecule has 0 unspecified atom stereocenters. The van der Waals surface area contributed by atoms with Crippen molar-refractivity contribution in [2.45, 2.75) is 26.4 Å². The van der Waals surface area contributed by atoms with Crippen LogP contribution in [0.3, 0.4) is 0 Å². The summed E-state index contributed by atoms with van der Waals surface area (Å²) in [5.41, 5.74) is 1.89. The maximum Gasteiger partial charge on any atom is 0.247 e. The van der Waals surface area contributed by atoms with Crippen LogP contribution < -0.4 is 10.2 Å². The zero-order valence-corrected chi connectivity index (χ0v) is 16.0. The maximum atomic E-state index is 6.22. The highest BCUT2D eigenvalue weighted by atomic mass is 35.5. The predicted octanol–water partition coefficient (Wildman–Crippen LogP) is 5.34. The minimum absolute atomic E-state index is 0.214. The van der Waals surface area contributed by atoms with Crippen molar-refractivity contribution in [2.24, 2.45) is 0 Å². The van der Waals surface area contributed by atoms with Crippen LogP contribution in [-0.2, 0) is 6.54 Å². The molecule has 0 fully saturated rings. The van der Waals surface area contributed by atoms with Crippen molar-refractivity contribution in [3.05, 3.63) is 70.3 Å². The fourth-order valence-electron chi connectivity index (χ4n) is 2.47. The molecule has 1 N–H and O–H groups in total. The Morgan fingerprint density at radius 3 is 2.54 bits per heavy atom. The molecular weight excluding hydrogens is 369 g/mol. The van der Waals surface area contributed by atoms with E-state index in [9.17, 15) is 0 Å². The van der Waals surface area contributed by atoms with Gasteiger partial charge >= 0.3 is 0 Å². The van der Waals surface area contributed by atoms with Gasteiger partial charge in [-0.1, -0.05) is 53.5 Å². The third-order valence-electron chi connectivity index (χ3n) is 3.82. The lowest BCUT2D eigenvalue weighted by atomic mass is 10.2. The quantitative estimate of drug-likeness (QED) is 0.618. The lowest BCUT2D eigenvalue weighted by molar-refractivity contribution is 0.653. The van der Waals surface area contributed by atoms with Gasteiger partial charge in [-0.2, -0.15) is 10.1 Å². The first-order valence-electron chi connectivity index (χ1n) is 8.25. The Balaban J connectivity index is 1.84. The molecule has 0 atom stereocenters. The van der Waals surface area contributed by atoms with Crippen LogP contribution in [0, 0.1) is 0 Å². The average molecular weight is 388 g/mol. The van der Waals surface area contributed by atoms with Crippen LogP contribution in [0.1, 0.15) is 19.4 Å². The molecule has 1 heterocycles. The molecule has 3 rings (SSSR count). The smallest absolute Gasteiger partial charge is 0.247 e. The Morgan fingerprint density at radius 1 is 1.08 bits per heavy atom. The van der Waals surface area contributed by atoms with Crippen molar-refractivity contribution in [1.82, 2.24) is 15.2 Å². The molecule has 0 aliphatic carbocycles. The highest BCUT2D eigenvalue weighted by Crippen LogP contribution is 2.28. The Kier molecular flexibility index (Phi) is 5.91. The van der Waals surface area contributed by atoms with E-state index in [-0.39, 0.29) is 6.04 Å². The molecular formula is C19H19Cl2N5. The van der Waals surface area contributed by atoms with Crippen molar-refractivity contribution < 1.29 is 0 Å². The molecule has 0 aliphatic heterocycles. The standard InChI is InChI=1S/C19H19Cl2N5/c1-13(2)26(12-14-6-4-3-5-7-14)19-24-18(11-22-25-19)23-17-9-8-15(20)10-16(17)21/h3-11,13H,12H2,1-2H3,(H,23,24,25).